The Labute approximate surface area is 158 Å². The van der Waals surface area contributed by atoms with Crippen LogP contribution >= 0.6 is 43.4 Å². The van der Waals surface area contributed by atoms with Crippen molar-refractivity contribution < 1.29 is 24.3 Å². The molecule has 3 aliphatic rings. The molecule has 0 spiro atoms. The topological polar surface area (TPSA) is 131 Å². The highest BCUT2D eigenvalue weighted by Gasteiger charge is 2.23. The number of allylic oxidation sites excluding steroid dienone is 6. The molecule has 25 heavy (non-hydrogen) atoms. The van der Waals surface area contributed by atoms with Gasteiger partial charge in [-0.05, 0) is 70.3 Å². The van der Waals surface area contributed by atoms with Crippen molar-refractivity contribution >= 4 is 49.1 Å². The van der Waals surface area contributed by atoms with Crippen molar-refractivity contribution in [2.45, 2.75) is 0 Å². The van der Waals surface area contributed by atoms with Crippen molar-refractivity contribution in [1.29, 1.82) is 0 Å². The van der Waals surface area contributed by atoms with Gasteiger partial charge < -0.3 is 29.1 Å². The molecule has 0 unspecified atom stereocenters. The molecule has 0 aromatic heterocycles. The lowest BCUT2D eigenvalue weighted by Crippen LogP contribution is -1.90. The largest absolute Gasteiger partial charge is 0.472 e. The lowest BCUT2D eigenvalue weighted by atomic mass is 10.6. The lowest BCUT2D eigenvalue weighted by Gasteiger charge is -1.93. The molecular weight excluding hydrogens is 405 g/mol. The minimum absolute atomic E-state index is 1.58. The van der Waals surface area contributed by atoms with Crippen LogP contribution in [0.4, 0.5) is 4.79 Å². The van der Waals surface area contributed by atoms with Crippen molar-refractivity contribution in [3.63, 3.8) is 0 Å². The highest BCUT2D eigenvalue weighted by molar-refractivity contribution is 8.00. The van der Waals surface area contributed by atoms with Crippen LogP contribution in [0.15, 0.2) is 71.3 Å². The van der Waals surface area contributed by atoms with Gasteiger partial charge in [0, 0.05) is 18.6 Å². The fourth-order valence-electron chi connectivity index (χ4n) is 0.774. The summed E-state index contributed by atoms with van der Waals surface area (Å²) in [5.41, 5.74) is -2.09. The smallest absolute Gasteiger partial charge is 0.433 e. The van der Waals surface area contributed by atoms with Crippen LogP contribution in [-0.4, -0.2) is 20.6 Å². The van der Waals surface area contributed by atoms with E-state index in [2.05, 4.69) is 14.2 Å². The molecule has 8 nitrogen and oxygen atoms in total. The Morgan fingerprint density at radius 2 is 1.00 bits per heavy atom. The maximum atomic E-state index is 9.43. The quantitative estimate of drug-likeness (QED) is 0.273. The fraction of sp³-hybridized carbons (Fsp3) is 0. The number of rotatable bonds is 1. The Morgan fingerprint density at radius 3 is 1.04 bits per heavy atom. The van der Waals surface area contributed by atoms with Crippen molar-refractivity contribution in [1.82, 2.24) is 14.2 Å². The van der Waals surface area contributed by atoms with Crippen LogP contribution in [0.3, 0.4) is 0 Å². The molecule has 3 rings (SSSR count). The fourth-order valence-corrected chi connectivity index (χ4v) is 1.99. The molecule has 0 aromatic carbocycles. The third kappa shape index (κ3) is 18.7. The summed E-state index contributed by atoms with van der Waals surface area (Å²) in [6.07, 6.45) is 17.5. The first kappa shape index (κ1) is 23.5. The molecule has 6 N–H and O–H groups in total. The molecule has 0 saturated heterocycles. The number of hydrogen-bond acceptors (Lipinski definition) is 8. The molecule has 0 fully saturated rings. The molecule has 12 heteroatoms. The van der Waals surface area contributed by atoms with E-state index in [0.29, 0.717) is 0 Å². The third-order valence-electron chi connectivity index (χ3n) is 1.72. The van der Waals surface area contributed by atoms with Gasteiger partial charge in [0.05, 0.1) is 0 Å². The van der Waals surface area contributed by atoms with Gasteiger partial charge >= 0.3 is 13.3 Å². The van der Waals surface area contributed by atoms with Gasteiger partial charge in [0.2, 0.25) is 0 Å². The number of carbonyl (C=O) groups is 1. The van der Waals surface area contributed by atoms with Crippen molar-refractivity contribution in [2.75, 3.05) is 0 Å². The number of carboxylic acid groups (broad SMARTS) is 1. The zero-order chi connectivity index (χ0) is 18.8. The predicted molar refractivity (Wildman–Crippen MR) is 107 cm³/mol. The Kier molecular flexibility index (Phi) is 15.1. The molecule has 3 heterocycles. The normalized spacial score (nSPS) is 15.6. The third-order valence-corrected chi connectivity index (χ3v) is 3.91. The molecule has 0 atom stereocenters. The van der Waals surface area contributed by atoms with E-state index in [9.17, 15) is 9.36 Å². The molecule has 0 radical (unpaired) electrons. The number of hydrogen-bond donors (Lipinski definition) is 6. The summed E-state index contributed by atoms with van der Waals surface area (Å²) < 4.78 is 18.2. The lowest BCUT2D eigenvalue weighted by molar-refractivity contribution is 0.208. The minimum Gasteiger partial charge on any atom is -0.472 e. The van der Waals surface area contributed by atoms with Crippen LogP contribution in [-0.2, 0) is 4.57 Å². The summed E-state index contributed by atoms with van der Waals surface area (Å²) in [5.74, 6) is 0. The van der Waals surface area contributed by atoms with E-state index in [4.69, 9.17) is 14.9 Å². The van der Waals surface area contributed by atoms with Crippen LogP contribution in [0, 0.1) is 0 Å². The summed E-state index contributed by atoms with van der Waals surface area (Å²) in [6.45, 7) is 0. The highest BCUT2D eigenvalue weighted by atomic mass is 32.2. The SMILES string of the molecule is C1=CNSC=C1.C1=CNSC=C1.C1=CNSC=C1.O=C(O)P(=O)(O)O. The second-order valence-corrected chi connectivity index (χ2v) is 7.30. The van der Waals surface area contributed by atoms with E-state index >= 15 is 0 Å². The number of nitrogens with one attached hydrogen (secondary N) is 3. The Balaban J connectivity index is 0.000000307. The molecule has 0 bridgehead atoms. The van der Waals surface area contributed by atoms with Crippen LogP contribution in [0.2, 0.25) is 0 Å². The van der Waals surface area contributed by atoms with Crippen LogP contribution < -0.4 is 14.2 Å². The Morgan fingerprint density at radius 1 is 0.720 bits per heavy atom. The standard InChI is InChI=1S/3C4H5NS.CH3O5P/c3*1-2-4-6-5-3-1;2-1(3)7(4,5)6/h3*1-5H;(H,2,3)(H2,4,5,6). The minimum atomic E-state index is -4.82. The van der Waals surface area contributed by atoms with Crippen LogP contribution in [0.1, 0.15) is 0 Å². The molecular formula is C13H18N3O5PS3. The van der Waals surface area contributed by atoms with E-state index in [1.54, 1.807) is 35.8 Å². The zero-order valence-electron chi connectivity index (χ0n) is 12.8. The van der Waals surface area contributed by atoms with E-state index in [1.165, 1.54) is 0 Å². The van der Waals surface area contributed by atoms with Crippen molar-refractivity contribution in [3.05, 3.63) is 71.3 Å². The Hall–Kier alpha value is -1.49. The second kappa shape index (κ2) is 16.0. The van der Waals surface area contributed by atoms with E-state index in [0.717, 1.165) is 0 Å². The molecule has 0 aliphatic carbocycles. The van der Waals surface area contributed by atoms with E-state index < -0.39 is 13.3 Å². The van der Waals surface area contributed by atoms with Crippen LogP contribution in [0.5, 0.6) is 0 Å². The first-order chi connectivity index (χ1) is 11.9. The van der Waals surface area contributed by atoms with Gasteiger partial charge in [-0.3, -0.25) is 0 Å². The average molecular weight is 423 g/mol. The van der Waals surface area contributed by atoms with Gasteiger partial charge in [0.25, 0.3) is 0 Å². The summed E-state index contributed by atoms with van der Waals surface area (Å²) in [4.78, 5) is 24.5. The summed E-state index contributed by atoms with van der Waals surface area (Å²) in [5, 5.41) is 13.4. The van der Waals surface area contributed by atoms with Crippen LogP contribution in [0.25, 0.3) is 0 Å². The summed E-state index contributed by atoms with van der Waals surface area (Å²) in [7, 11) is -4.82. The van der Waals surface area contributed by atoms with E-state index in [-0.39, 0.29) is 0 Å². The monoisotopic (exact) mass is 423 g/mol. The first-order valence-corrected chi connectivity index (χ1v) is 10.7. The average Bonchev–Trinajstić information content (AvgIpc) is 2.67. The summed E-state index contributed by atoms with van der Waals surface area (Å²) in [6, 6.07) is 0. The maximum Gasteiger partial charge on any atom is 0.433 e. The van der Waals surface area contributed by atoms with Gasteiger partial charge in [-0.25, -0.2) is 9.36 Å². The van der Waals surface area contributed by atoms with Gasteiger partial charge in [-0.2, -0.15) is 0 Å². The molecule has 0 amide bonds. The Bertz CT molecular complexity index is 507. The highest BCUT2D eigenvalue weighted by Crippen LogP contribution is 2.34. The van der Waals surface area contributed by atoms with Gasteiger partial charge in [0.1, 0.15) is 0 Å². The van der Waals surface area contributed by atoms with Gasteiger partial charge in [0.15, 0.2) is 0 Å². The van der Waals surface area contributed by atoms with Gasteiger partial charge in [-0.1, -0.05) is 18.2 Å². The van der Waals surface area contributed by atoms with Gasteiger partial charge in [-0.15, -0.1) is 0 Å². The molecule has 138 valence electrons. The van der Waals surface area contributed by atoms with Crippen molar-refractivity contribution in [3.8, 4) is 0 Å². The summed E-state index contributed by atoms with van der Waals surface area (Å²) >= 11 is 4.73. The van der Waals surface area contributed by atoms with E-state index in [1.807, 2.05) is 71.3 Å². The molecule has 0 saturated carbocycles. The molecule has 3 aliphatic heterocycles. The second-order valence-electron chi connectivity index (χ2n) is 3.60. The van der Waals surface area contributed by atoms with Crippen molar-refractivity contribution in [2.24, 2.45) is 0 Å². The first-order valence-electron chi connectivity index (χ1n) is 6.42. The zero-order valence-corrected chi connectivity index (χ0v) is 16.1. The predicted octanol–water partition coefficient (Wildman–Crippen LogP) is 3.64. The maximum absolute atomic E-state index is 9.43. The molecule has 0 aromatic rings.